The zero-order valence-electron chi connectivity index (χ0n) is 13.7. The quantitative estimate of drug-likeness (QED) is 0.800. The van der Waals surface area contributed by atoms with Gasteiger partial charge in [0, 0.05) is 25.2 Å². The van der Waals surface area contributed by atoms with E-state index in [4.69, 9.17) is 4.42 Å². The molecule has 0 fully saturated rings. The number of H-pyrrole nitrogens is 1. The molecule has 116 valence electrons. The van der Waals surface area contributed by atoms with Crippen molar-refractivity contribution < 1.29 is 4.42 Å². The topological polar surface area (TPSA) is 83.7 Å². The third-order valence-electron chi connectivity index (χ3n) is 3.98. The van der Waals surface area contributed by atoms with Crippen LogP contribution in [0, 0.1) is 27.7 Å². The van der Waals surface area contributed by atoms with Gasteiger partial charge in [0.25, 0.3) is 5.71 Å². The van der Waals surface area contributed by atoms with Crippen molar-refractivity contribution in [3.8, 4) is 0 Å². The van der Waals surface area contributed by atoms with Gasteiger partial charge < -0.3 is 9.32 Å². The van der Waals surface area contributed by atoms with Crippen LogP contribution >= 0.6 is 0 Å². The summed E-state index contributed by atoms with van der Waals surface area (Å²) in [6, 6.07) is 0.105. The van der Waals surface area contributed by atoms with E-state index in [2.05, 4.69) is 37.0 Å². The second-order valence-electron chi connectivity index (χ2n) is 5.62. The first-order valence-corrected chi connectivity index (χ1v) is 7.24. The Morgan fingerprint density at radius 3 is 2.45 bits per heavy atom. The van der Waals surface area contributed by atoms with Crippen molar-refractivity contribution >= 4 is 17.0 Å². The number of fused-ring (bicyclic) bond motifs is 1. The van der Waals surface area contributed by atoms with Crippen LogP contribution in [0.15, 0.2) is 4.42 Å². The molecule has 0 amide bonds. The van der Waals surface area contributed by atoms with Crippen LogP contribution in [0.2, 0.25) is 0 Å². The summed E-state index contributed by atoms with van der Waals surface area (Å²) in [7, 11) is 2.00. The SMILES string of the molecule is Cc1nc(N(C)[C@@H](C)c2c(C)n[nH]c2C)c2nc(C)oc2n1. The number of hydrogen-bond acceptors (Lipinski definition) is 6. The second-order valence-corrected chi connectivity index (χ2v) is 5.62. The predicted octanol–water partition coefficient (Wildman–Crippen LogP) is 2.77. The fourth-order valence-corrected chi connectivity index (χ4v) is 2.81. The molecular weight excluding hydrogens is 280 g/mol. The maximum absolute atomic E-state index is 5.55. The molecule has 0 aliphatic carbocycles. The molecule has 0 unspecified atom stereocenters. The van der Waals surface area contributed by atoms with E-state index in [1.165, 1.54) is 5.56 Å². The maximum atomic E-state index is 5.55. The molecule has 0 radical (unpaired) electrons. The van der Waals surface area contributed by atoms with Gasteiger partial charge in [-0.1, -0.05) is 0 Å². The molecular formula is C15H20N6O. The van der Waals surface area contributed by atoms with Crippen LogP contribution in [-0.2, 0) is 0 Å². The lowest BCUT2D eigenvalue weighted by Crippen LogP contribution is -2.24. The number of nitrogens with one attached hydrogen (secondary N) is 1. The van der Waals surface area contributed by atoms with Gasteiger partial charge in [0.15, 0.2) is 17.2 Å². The van der Waals surface area contributed by atoms with Crippen molar-refractivity contribution in [1.29, 1.82) is 0 Å². The molecule has 7 heteroatoms. The molecule has 22 heavy (non-hydrogen) atoms. The van der Waals surface area contributed by atoms with E-state index in [0.29, 0.717) is 22.9 Å². The highest BCUT2D eigenvalue weighted by molar-refractivity contribution is 5.82. The molecule has 3 rings (SSSR count). The van der Waals surface area contributed by atoms with E-state index < -0.39 is 0 Å². The van der Waals surface area contributed by atoms with Gasteiger partial charge in [-0.25, -0.2) is 9.97 Å². The van der Waals surface area contributed by atoms with Gasteiger partial charge in [0.2, 0.25) is 0 Å². The van der Waals surface area contributed by atoms with Crippen molar-refractivity contribution in [2.45, 2.75) is 40.7 Å². The van der Waals surface area contributed by atoms with Crippen molar-refractivity contribution in [3.05, 3.63) is 28.7 Å². The number of nitrogens with zero attached hydrogens (tertiary/aromatic N) is 5. The van der Waals surface area contributed by atoms with Crippen molar-refractivity contribution in [3.63, 3.8) is 0 Å². The first-order valence-electron chi connectivity index (χ1n) is 7.24. The Kier molecular flexibility index (Phi) is 3.35. The summed E-state index contributed by atoms with van der Waals surface area (Å²) in [5.74, 6) is 2.03. The minimum absolute atomic E-state index is 0.105. The average Bonchev–Trinajstić information content (AvgIpc) is 2.98. The molecule has 0 aliphatic heterocycles. The zero-order valence-corrected chi connectivity index (χ0v) is 13.7. The monoisotopic (exact) mass is 300 g/mol. The molecule has 7 nitrogen and oxygen atoms in total. The average molecular weight is 300 g/mol. The summed E-state index contributed by atoms with van der Waals surface area (Å²) in [5, 5.41) is 7.31. The molecule has 3 heterocycles. The van der Waals surface area contributed by atoms with Crippen LogP contribution in [-0.4, -0.2) is 32.2 Å². The molecule has 0 spiro atoms. The molecule has 0 saturated heterocycles. The van der Waals surface area contributed by atoms with Crippen LogP contribution in [0.4, 0.5) is 5.82 Å². The van der Waals surface area contributed by atoms with E-state index in [0.717, 1.165) is 17.2 Å². The van der Waals surface area contributed by atoms with E-state index in [1.807, 2.05) is 34.7 Å². The van der Waals surface area contributed by atoms with Gasteiger partial charge in [-0.05, 0) is 27.7 Å². The molecule has 0 bridgehead atoms. The van der Waals surface area contributed by atoms with E-state index in [1.54, 1.807) is 0 Å². The van der Waals surface area contributed by atoms with Crippen LogP contribution in [0.3, 0.4) is 0 Å². The Hall–Kier alpha value is -2.44. The number of aromatic amines is 1. The fraction of sp³-hybridized carbons (Fsp3) is 0.467. The minimum Gasteiger partial charge on any atom is -0.422 e. The molecule has 1 atom stereocenters. The summed E-state index contributed by atoms with van der Waals surface area (Å²) in [6.07, 6.45) is 0. The Morgan fingerprint density at radius 2 is 1.82 bits per heavy atom. The lowest BCUT2D eigenvalue weighted by Gasteiger charge is -2.26. The first-order chi connectivity index (χ1) is 10.4. The number of aromatic nitrogens is 5. The van der Waals surface area contributed by atoms with Gasteiger partial charge in [0.05, 0.1) is 11.7 Å². The van der Waals surface area contributed by atoms with E-state index in [-0.39, 0.29) is 6.04 Å². The second kappa shape index (κ2) is 5.08. The number of oxazole rings is 1. The lowest BCUT2D eigenvalue weighted by atomic mass is 10.1. The van der Waals surface area contributed by atoms with Crippen molar-refractivity contribution in [1.82, 2.24) is 25.1 Å². The summed E-state index contributed by atoms with van der Waals surface area (Å²) in [6.45, 7) is 9.83. The van der Waals surface area contributed by atoms with Gasteiger partial charge >= 0.3 is 0 Å². The third-order valence-corrected chi connectivity index (χ3v) is 3.98. The highest BCUT2D eigenvalue weighted by Crippen LogP contribution is 2.31. The highest BCUT2D eigenvalue weighted by Gasteiger charge is 2.23. The Balaban J connectivity index is 2.10. The van der Waals surface area contributed by atoms with Crippen LogP contribution in [0.5, 0.6) is 0 Å². The number of aryl methyl sites for hydroxylation is 4. The summed E-state index contributed by atoms with van der Waals surface area (Å²) < 4.78 is 5.55. The zero-order chi connectivity index (χ0) is 16.0. The number of rotatable bonds is 3. The van der Waals surface area contributed by atoms with Crippen molar-refractivity contribution in [2.75, 3.05) is 11.9 Å². The van der Waals surface area contributed by atoms with Gasteiger partial charge in [-0.15, -0.1) is 0 Å². The van der Waals surface area contributed by atoms with Crippen LogP contribution in [0.25, 0.3) is 11.2 Å². The van der Waals surface area contributed by atoms with E-state index in [9.17, 15) is 0 Å². The van der Waals surface area contributed by atoms with Gasteiger partial charge in [-0.3, -0.25) is 5.10 Å². The number of hydrogen-bond donors (Lipinski definition) is 1. The molecule has 3 aromatic rings. The molecule has 1 N–H and O–H groups in total. The largest absolute Gasteiger partial charge is 0.422 e. The highest BCUT2D eigenvalue weighted by atomic mass is 16.4. The normalized spacial score (nSPS) is 12.8. The summed E-state index contributed by atoms with van der Waals surface area (Å²) >= 11 is 0. The van der Waals surface area contributed by atoms with Gasteiger partial charge in [-0.2, -0.15) is 10.1 Å². The Bertz CT molecular complexity index is 815. The molecule has 0 saturated carbocycles. The molecule has 0 aliphatic rings. The number of anilines is 1. The minimum atomic E-state index is 0.105. The summed E-state index contributed by atoms with van der Waals surface area (Å²) in [4.78, 5) is 15.4. The van der Waals surface area contributed by atoms with Crippen LogP contribution < -0.4 is 4.90 Å². The van der Waals surface area contributed by atoms with Crippen LogP contribution in [0.1, 0.15) is 41.6 Å². The Morgan fingerprint density at radius 1 is 1.09 bits per heavy atom. The first kappa shape index (κ1) is 14.5. The molecule has 0 aromatic carbocycles. The van der Waals surface area contributed by atoms with E-state index >= 15 is 0 Å². The Labute approximate surface area is 128 Å². The predicted molar refractivity (Wildman–Crippen MR) is 84.0 cm³/mol. The van der Waals surface area contributed by atoms with Gasteiger partial charge in [0.1, 0.15) is 5.82 Å². The lowest BCUT2D eigenvalue weighted by molar-refractivity contribution is 0.550. The maximum Gasteiger partial charge on any atom is 0.252 e. The smallest absolute Gasteiger partial charge is 0.252 e. The summed E-state index contributed by atoms with van der Waals surface area (Å²) in [5.41, 5.74) is 4.45. The third kappa shape index (κ3) is 2.22. The fourth-order valence-electron chi connectivity index (χ4n) is 2.81. The molecule has 3 aromatic heterocycles. The standard InChI is InChI=1S/C15H20N6O/c1-7-12(8(2)20-19-7)9(3)21(6)14-13-15(17-10(4)16-14)22-11(5)18-13/h9H,1-6H3,(H,19,20)/t9-/m0/s1. The van der Waals surface area contributed by atoms with Crippen molar-refractivity contribution in [2.24, 2.45) is 0 Å².